The molecule has 0 aliphatic rings. The van der Waals surface area contributed by atoms with Gasteiger partial charge in [0.15, 0.2) is 17.5 Å². The summed E-state index contributed by atoms with van der Waals surface area (Å²) in [5, 5.41) is 6.64. The Morgan fingerprint density at radius 1 is 1.53 bits per heavy atom. The zero-order valence-electron chi connectivity index (χ0n) is 10.3. The molecule has 7 nitrogen and oxygen atoms in total. The fraction of sp³-hybridized carbons (Fsp3) is 0.273. The van der Waals surface area contributed by atoms with Crippen molar-refractivity contribution in [1.29, 1.82) is 0 Å². The molecule has 0 aromatic carbocycles. The molecule has 0 saturated carbocycles. The van der Waals surface area contributed by atoms with Gasteiger partial charge < -0.3 is 11.1 Å². The minimum atomic E-state index is -0.809. The number of aryl methyl sites for hydroxylation is 1. The molecule has 0 aliphatic carbocycles. The predicted octanol–water partition coefficient (Wildman–Crippen LogP) is -0.0961. The molecule has 100 valence electrons. The molecule has 2 aromatic rings. The number of nitrogens with one attached hydrogen (secondary N) is 1. The summed E-state index contributed by atoms with van der Waals surface area (Å²) < 4.78 is 15.1. The van der Waals surface area contributed by atoms with Gasteiger partial charge in [-0.1, -0.05) is 0 Å². The summed E-state index contributed by atoms with van der Waals surface area (Å²) >= 11 is 0. The van der Waals surface area contributed by atoms with Crippen LogP contribution in [0.1, 0.15) is 16.2 Å². The van der Waals surface area contributed by atoms with E-state index in [1.165, 1.54) is 12.3 Å². The molecule has 0 aliphatic heterocycles. The van der Waals surface area contributed by atoms with Crippen molar-refractivity contribution in [3.8, 4) is 0 Å². The summed E-state index contributed by atoms with van der Waals surface area (Å²) in [6, 6.07) is 1.28. The first-order chi connectivity index (χ1) is 9.08. The van der Waals surface area contributed by atoms with E-state index in [1.54, 1.807) is 18.1 Å². The van der Waals surface area contributed by atoms with Gasteiger partial charge in [0.1, 0.15) is 6.33 Å². The Morgan fingerprint density at radius 2 is 2.32 bits per heavy atom. The van der Waals surface area contributed by atoms with Crippen molar-refractivity contribution >= 4 is 11.7 Å². The molecule has 0 radical (unpaired) electrons. The lowest BCUT2D eigenvalue weighted by atomic mass is 10.2. The fourth-order valence-electron chi connectivity index (χ4n) is 1.52. The van der Waals surface area contributed by atoms with Crippen LogP contribution in [-0.4, -0.2) is 32.2 Å². The number of carbonyl (C=O) groups excluding carboxylic acids is 1. The fourth-order valence-corrected chi connectivity index (χ4v) is 1.52. The standard InChI is InChI=1S/C11H13FN6O/c1-18-6-16-8(17-18)3-5-15-11(19)7-2-4-14-10(13)9(7)12/h2,4,6H,3,5H2,1H3,(H2,13,14)(H,15,19). The lowest BCUT2D eigenvalue weighted by molar-refractivity contribution is 0.0950. The van der Waals surface area contributed by atoms with Crippen LogP contribution < -0.4 is 11.1 Å². The van der Waals surface area contributed by atoms with Crippen LogP contribution in [0.3, 0.4) is 0 Å². The van der Waals surface area contributed by atoms with Gasteiger partial charge in [-0.3, -0.25) is 9.48 Å². The lowest BCUT2D eigenvalue weighted by Gasteiger charge is -2.05. The van der Waals surface area contributed by atoms with Crippen LogP contribution in [0.2, 0.25) is 0 Å². The van der Waals surface area contributed by atoms with E-state index in [9.17, 15) is 9.18 Å². The van der Waals surface area contributed by atoms with Crippen molar-refractivity contribution < 1.29 is 9.18 Å². The molecule has 0 saturated heterocycles. The van der Waals surface area contributed by atoms with Crippen molar-refractivity contribution in [1.82, 2.24) is 25.1 Å². The molecule has 2 aromatic heterocycles. The highest BCUT2D eigenvalue weighted by molar-refractivity contribution is 5.95. The Labute approximate surface area is 108 Å². The van der Waals surface area contributed by atoms with Crippen LogP contribution in [0.5, 0.6) is 0 Å². The third-order valence-corrected chi connectivity index (χ3v) is 2.44. The van der Waals surface area contributed by atoms with Gasteiger partial charge >= 0.3 is 0 Å². The van der Waals surface area contributed by atoms with Crippen LogP contribution in [0, 0.1) is 5.82 Å². The number of pyridine rings is 1. The number of aromatic nitrogens is 4. The quantitative estimate of drug-likeness (QED) is 0.803. The van der Waals surface area contributed by atoms with Crippen molar-refractivity contribution in [2.45, 2.75) is 6.42 Å². The van der Waals surface area contributed by atoms with E-state index in [2.05, 4.69) is 20.4 Å². The van der Waals surface area contributed by atoms with Gasteiger partial charge in [0, 0.05) is 26.2 Å². The molecule has 0 unspecified atom stereocenters. The van der Waals surface area contributed by atoms with Gasteiger partial charge in [-0.25, -0.2) is 14.4 Å². The number of nitrogens with two attached hydrogens (primary N) is 1. The number of hydrogen-bond donors (Lipinski definition) is 2. The first kappa shape index (κ1) is 12.9. The number of nitrogens with zero attached hydrogens (tertiary/aromatic N) is 4. The lowest BCUT2D eigenvalue weighted by Crippen LogP contribution is -2.27. The van der Waals surface area contributed by atoms with Gasteiger partial charge in [0.25, 0.3) is 5.91 Å². The first-order valence-electron chi connectivity index (χ1n) is 5.60. The second-order valence-electron chi connectivity index (χ2n) is 3.90. The predicted molar refractivity (Wildman–Crippen MR) is 65.6 cm³/mol. The van der Waals surface area contributed by atoms with E-state index in [-0.39, 0.29) is 11.4 Å². The molecular weight excluding hydrogens is 251 g/mol. The van der Waals surface area contributed by atoms with Crippen LogP contribution in [0.25, 0.3) is 0 Å². The average molecular weight is 264 g/mol. The second kappa shape index (κ2) is 5.42. The highest BCUT2D eigenvalue weighted by atomic mass is 19.1. The van der Waals surface area contributed by atoms with Crippen LogP contribution >= 0.6 is 0 Å². The molecule has 19 heavy (non-hydrogen) atoms. The summed E-state index contributed by atoms with van der Waals surface area (Å²) in [4.78, 5) is 19.3. The maximum absolute atomic E-state index is 13.5. The summed E-state index contributed by atoms with van der Waals surface area (Å²) in [6.45, 7) is 0.310. The molecule has 2 heterocycles. The largest absolute Gasteiger partial charge is 0.381 e. The number of anilines is 1. The summed E-state index contributed by atoms with van der Waals surface area (Å²) in [5.74, 6) is -1.03. The van der Waals surface area contributed by atoms with Gasteiger partial charge in [-0.05, 0) is 6.07 Å². The monoisotopic (exact) mass is 264 g/mol. The number of carbonyl (C=O) groups is 1. The van der Waals surface area contributed by atoms with Crippen LogP contribution in [-0.2, 0) is 13.5 Å². The Balaban J connectivity index is 1.93. The van der Waals surface area contributed by atoms with Gasteiger partial charge in [-0.2, -0.15) is 5.10 Å². The number of halogens is 1. The maximum Gasteiger partial charge on any atom is 0.254 e. The average Bonchev–Trinajstić information content (AvgIpc) is 2.78. The minimum Gasteiger partial charge on any atom is -0.381 e. The van der Waals surface area contributed by atoms with Crippen LogP contribution in [0.4, 0.5) is 10.2 Å². The van der Waals surface area contributed by atoms with E-state index in [0.29, 0.717) is 18.8 Å². The molecule has 0 spiro atoms. The zero-order chi connectivity index (χ0) is 13.8. The molecule has 0 atom stereocenters. The number of amides is 1. The smallest absolute Gasteiger partial charge is 0.254 e. The van der Waals surface area contributed by atoms with Crippen LogP contribution in [0.15, 0.2) is 18.6 Å². The van der Waals surface area contributed by atoms with Crippen molar-refractivity contribution in [2.24, 2.45) is 7.05 Å². The number of rotatable bonds is 4. The van der Waals surface area contributed by atoms with Crippen molar-refractivity contribution in [3.63, 3.8) is 0 Å². The SMILES string of the molecule is Cn1cnc(CCNC(=O)c2ccnc(N)c2F)n1. The number of nitrogen functional groups attached to an aromatic ring is 1. The van der Waals surface area contributed by atoms with E-state index in [0.717, 1.165) is 0 Å². The summed E-state index contributed by atoms with van der Waals surface area (Å²) in [7, 11) is 1.75. The highest BCUT2D eigenvalue weighted by Gasteiger charge is 2.14. The van der Waals surface area contributed by atoms with Crippen molar-refractivity contribution in [3.05, 3.63) is 35.8 Å². The second-order valence-corrected chi connectivity index (χ2v) is 3.90. The van der Waals surface area contributed by atoms with E-state index < -0.39 is 11.7 Å². The Bertz CT molecular complexity index is 597. The third kappa shape index (κ3) is 3.03. The Kier molecular flexibility index (Phi) is 3.69. The summed E-state index contributed by atoms with van der Waals surface area (Å²) in [6.07, 6.45) is 3.32. The Hall–Kier alpha value is -2.51. The van der Waals surface area contributed by atoms with E-state index >= 15 is 0 Å². The summed E-state index contributed by atoms with van der Waals surface area (Å²) in [5.41, 5.74) is 5.17. The highest BCUT2D eigenvalue weighted by Crippen LogP contribution is 2.11. The molecule has 0 fully saturated rings. The molecule has 2 rings (SSSR count). The minimum absolute atomic E-state index is 0.124. The molecule has 1 amide bonds. The zero-order valence-corrected chi connectivity index (χ0v) is 10.3. The first-order valence-corrected chi connectivity index (χ1v) is 5.60. The Morgan fingerprint density at radius 3 is 3.00 bits per heavy atom. The third-order valence-electron chi connectivity index (χ3n) is 2.44. The molecular formula is C11H13FN6O. The molecule has 3 N–H and O–H groups in total. The maximum atomic E-state index is 13.5. The van der Waals surface area contributed by atoms with E-state index in [4.69, 9.17) is 5.73 Å². The molecule has 8 heteroatoms. The van der Waals surface area contributed by atoms with Gasteiger partial charge in [-0.15, -0.1) is 0 Å². The van der Waals surface area contributed by atoms with Crippen molar-refractivity contribution in [2.75, 3.05) is 12.3 Å². The van der Waals surface area contributed by atoms with E-state index in [1.807, 2.05) is 0 Å². The number of hydrogen-bond acceptors (Lipinski definition) is 5. The molecule has 0 bridgehead atoms. The van der Waals surface area contributed by atoms with Gasteiger partial charge in [0.05, 0.1) is 5.56 Å². The normalized spacial score (nSPS) is 10.4. The van der Waals surface area contributed by atoms with Gasteiger partial charge in [0.2, 0.25) is 0 Å². The topological polar surface area (TPSA) is 98.7 Å².